The average molecular weight is 241 g/mol. The van der Waals surface area contributed by atoms with E-state index >= 15 is 0 Å². The third-order valence-corrected chi connectivity index (χ3v) is 2.14. The molecule has 1 aromatic heterocycles. The molecule has 0 fully saturated rings. The molecule has 0 spiro atoms. The van der Waals surface area contributed by atoms with E-state index in [2.05, 4.69) is 5.10 Å². The quantitative estimate of drug-likeness (QED) is 0.816. The summed E-state index contributed by atoms with van der Waals surface area (Å²) in [5, 5.41) is 9.38. The lowest BCUT2D eigenvalue weighted by Gasteiger charge is -2.17. The summed E-state index contributed by atoms with van der Waals surface area (Å²) in [6.07, 6.45) is -0.887. The Labute approximate surface area is 90.4 Å². The lowest BCUT2D eigenvalue weighted by molar-refractivity contribution is -0.0477. The van der Waals surface area contributed by atoms with Crippen LogP contribution >= 0.6 is 11.6 Å². The summed E-state index contributed by atoms with van der Waals surface area (Å²) >= 11 is 4.75. The van der Waals surface area contributed by atoms with Crippen LogP contribution in [0.1, 0.15) is 18.7 Å². The predicted molar refractivity (Wildman–Crippen MR) is 50.2 cm³/mol. The molecule has 1 rings (SSSR count). The zero-order chi connectivity index (χ0) is 11.6. The molecule has 1 aromatic rings. The van der Waals surface area contributed by atoms with Crippen molar-refractivity contribution in [2.24, 2.45) is 0 Å². The van der Waals surface area contributed by atoms with E-state index in [4.69, 9.17) is 16.3 Å². The standard InChI is InChI=1S/C8H11ClF2N2O2/c1-3-13-6(5(15-2)4-12-13)7(14)8(9,10)11/h4,7,14H,3H2,1-2H3. The molecule has 1 N–H and O–H groups in total. The van der Waals surface area contributed by atoms with Crippen molar-refractivity contribution in [2.75, 3.05) is 7.11 Å². The third-order valence-electron chi connectivity index (χ3n) is 1.93. The summed E-state index contributed by atoms with van der Waals surface area (Å²) in [5.41, 5.74) is -0.125. The molecule has 0 aliphatic carbocycles. The van der Waals surface area contributed by atoms with Crippen LogP contribution in [0.3, 0.4) is 0 Å². The van der Waals surface area contributed by atoms with E-state index in [0.717, 1.165) is 0 Å². The van der Waals surface area contributed by atoms with Gasteiger partial charge in [0.25, 0.3) is 0 Å². The van der Waals surface area contributed by atoms with E-state index in [1.54, 1.807) is 6.92 Å². The highest BCUT2D eigenvalue weighted by atomic mass is 35.5. The molecule has 15 heavy (non-hydrogen) atoms. The second-order valence-corrected chi connectivity index (χ2v) is 3.36. The first kappa shape index (κ1) is 12.2. The minimum absolute atomic E-state index is 0.0877. The van der Waals surface area contributed by atoms with Gasteiger partial charge in [0.2, 0.25) is 0 Å². The number of methoxy groups -OCH3 is 1. The molecule has 86 valence electrons. The van der Waals surface area contributed by atoms with Crippen molar-refractivity contribution in [2.45, 2.75) is 25.0 Å². The number of aliphatic hydroxyl groups excluding tert-OH is 1. The van der Waals surface area contributed by atoms with Crippen LogP contribution in [0.25, 0.3) is 0 Å². The Hall–Kier alpha value is -0.880. The average Bonchev–Trinajstić information content (AvgIpc) is 2.57. The number of halogens is 3. The molecule has 1 unspecified atom stereocenters. The lowest BCUT2D eigenvalue weighted by Crippen LogP contribution is -2.22. The zero-order valence-corrected chi connectivity index (χ0v) is 9.00. The van der Waals surface area contributed by atoms with Gasteiger partial charge in [0, 0.05) is 6.54 Å². The van der Waals surface area contributed by atoms with E-state index in [-0.39, 0.29) is 11.4 Å². The molecule has 0 aliphatic rings. The predicted octanol–water partition coefficient (Wildman–Crippen LogP) is 1.78. The van der Waals surface area contributed by atoms with Gasteiger partial charge in [-0.1, -0.05) is 0 Å². The smallest absolute Gasteiger partial charge is 0.352 e. The van der Waals surface area contributed by atoms with Gasteiger partial charge in [0.15, 0.2) is 11.9 Å². The number of alkyl halides is 3. The molecule has 0 saturated carbocycles. The van der Waals surface area contributed by atoms with Crippen molar-refractivity contribution in [3.63, 3.8) is 0 Å². The maximum absolute atomic E-state index is 12.7. The Bertz CT molecular complexity index is 316. The lowest BCUT2D eigenvalue weighted by atomic mass is 10.2. The fourth-order valence-corrected chi connectivity index (χ4v) is 1.32. The molecule has 1 atom stereocenters. The Kier molecular flexibility index (Phi) is 3.51. The van der Waals surface area contributed by atoms with Crippen molar-refractivity contribution in [1.82, 2.24) is 9.78 Å². The molecule has 7 heteroatoms. The van der Waals surface area contributed by atoms with Crippen LogP contribution in [0.5, 0.6) is 5.75 Å². The highest BCUT2D eigenvalue weighted by molar-refractivity contribution is 6.22. The summed E-state index contributed by atoms with van der Waals surface area (Å²) in [7, 11) is 1.31. The Morgan fingerprint density at radius 2 is 2.33 bits per heavy atom. The van der Waals surface area contributed by atoms with Crippen molar-refractivity contribution < 1.29 is 18.6 Å². The normalized spacial score (nSPS) is 14.0. The molecule has 4 nitrogen and oxygen atoms in total. The summed E-state index contributed by atoms with van der Waals surface area (Å²) in [6.45, 7) is 2.04. The van der Waals surface area contributed by atoms with Gasteiger partial charge in [-0.15, -0.1) is 0 Å². The van der Waals surface area contributed by atoms with Crippen molar-refractivity contribution in [1.29, 1.82) is 0 Å². The number of hydrogen-bond acceptors (Lipinski definition) is 3. The molecular weight excluding hydrogens is 230 g/mol. The topological polar surface area (TPSA) is 47.3 Å². The van der Waals surface area contributed by atoms with E-state index in [1.165, 1.54) is 18.0 Å². The Morgan fingerprint density at radius 3 is 2.73 bits per heavy atom. The van der Waals surface area contributed by atoms with E-state index < -0.39 is 11.5 Å². The van der Waals surface area contributed by atoms with E-state index in [1.807, 2.05) is 0 Å². The fourth-order valence-electron chi connectivity index (χ4n) is 1.22. The van der Waals surface area contributed by atoms with Crippen LogP contribution in [0.2, 0.25) is 0 Å². The van der Waals surface area contributed by atoms with Crippen LogP contribution in [0.4, 0.5) is 8.78 Å². The number of nitrogens with zero attached hydrogens (tertiary/aromatic N) is 2. The molecular formula is C8H11ClF2N2O2. The van der Waals surface area contributed by atoms with Gasteiger partial charge < -0.3 is 9.84 Å². The number of aromatic nitrogens is 2. The highest BCUT2D eigenvalue weighted by Crippen LogP contribution is 2.38. The molecule has 0 aliphatic heterocycles. The van der Waals surface area contributed by atoms with Crippen molar-refractivity contribution in [3.8, 4) is 5.75 Å². The zero-order valence-electron chi connectivity index (χ0n) is 8.25. The maximum Gasteiger partial charge on any atom is 0.352 e. The Balaban J connectivity index is 3.15. The van der Waals surface area contributed by atoms with Crippen LogP contribution < -0.4 is 4.74 Å². The van der Waals surface area contributed by atoms with Gasteiger partial charge in [-0.25, -0.2) is 0 Å². The van der Waals surface area contributed by atoms with Crippen molar-refractivity contribution >= 4 is 11.6 Å². The molecule has 0 amide bonds. The minimum Gasteiger partial charge on any atom is -0.493 e. The number of rotatable bonds is 4. The second-order valence-electron chi connectivity index (χ2n) is 2.86. The van der Waals surface area contributed by atoms with Crippen molar-refractivity contribution in [3.05, 3.63) is 11.9 Å². The molecule has 1 heterocycles. The number of ether oxygens (including phenoxy) is 1. The van der Waals surface area contributed by atoms with Crippen LogP contribution in [0.15, 0.2) is 6.20 Å². The third kappa shape index (κ3) is 2.38. The summed E-state index contributed by atoms with van der Waals surface area (Å²) in [4.78, 5) is 0. The fraction of sp³-hybridized carbons (Fsp3) is 0.625. The number of aryl methyl sites for hydroxylation is 1. The van der Waals surface area contributed by atoms with E-state index in [0.29, 0.717) is 6.54 Å². The number of hydrogen-bond donors (Lipinski definition) is 1. The van der Waals surface area contributed by atoms with Gasteiger partial charge in [0.1, 0.15) is 5.69 Å². The van der Waals surface area contributed by atoms with Gasteiger partial charge in [0.05, 0.1) is 13.3 Å². The first-order chi connectivity index (χ1) is 6.91. The molecule has 0 radical (unpaired) electrons. The molecule has 0 aromatic carbocycles. The SMILES string of the molecule is CCn1ncc(OC)c1C(O)C(F)(F)Cl. The van der Waals surface area contributed by atoms with Crippen LogP contribution in [0, 0.1) is 0 Å². The monoisotopic (exact) mass is 240 g/mol. The largest absolute Gasteiger partial charge is 0.493 e. The summed E-state index contributed by atoms with van der Waals surface area (Å²) in [6, 6.07) is 0. The molecule has 0 bridgehead atoms. The first-order valence-electron chi connectivity index (χ1n) is 4.26. The highest BCUT2D eigenvalue weighted by Gasteiger charge is 2.40. The second kappa shape index (κ2) is 4.32. The first-order valence-corrected chi connectivity index (χ1v) is 4.64. The Morgan fingerprint density at radius 1 is 1.73 bits per heavy atom. The van der Waals surface area contributed by atoms with Crippen LogP contribution in [-0.4, -0.2) is 27.4 Å². The molecule has 0 saturated heterocycles. The van der Waals surface area contributed by atoms with E-state index in [9.17, 15) is 13.9 Å². The van der Waals surface area contributed by atoms with Crippen LogP contribution in [-0.2, 0) is 6.54 Å². The maximum atomic E-state index is 12.7. The van der Waals surface area contributed by atoms with Gasteiger partial charge >= 0.3 is 5.38 Å². The van der Waals surface area contributed by atoms with Gasteiger partial charge in [-0.05, 0) is 18.5 Å². The number of aliphatic hydroxyl groups is 1. The summed E-state index contributed by atoms with van der Waals surface area (Å²) < 4.78 is 31.5. The minimum atomic E-state index is -3.75. The summed E-state index contributed by atoms with van der Waals surface area (Å²) in [5.74, 6) is 0.0877. The van der Waals surface area contributed by atoms with Gasteiger partial charge in [-0.3, -0.25) is 4.68 Å². The van der Waals surface area contributed by atoms with Gasteiger partial charge in [-0.2, -0.15) is 13.9 Å².